The molecule has 5 rings (SSSR count). The number of nitrogens with zero attached hydrogens (tertiary/aromatic N) is 4. The quantitative estimate of drug-likeness (QED) is 0.266. The molecule has 0 bridgehead atoms. The van der Waals surface area contributed by atoms with E-state index in [-0.39, 0.29) is 5.91 Å². The molecule has 0 radical (unpaired) electrons. The van der Waals surface area contributed by atoms with Gasteiger partial charge in [0.25, 0.3) is 5.91 Å². The Balaban J connectivity index is 1.37. The average molecular weight is 490 g/mol. The number of carbonyl (C=O) groups excluding carboxylic acids is 1. The number of aryl methyl sites for hydroxylation is 1. The van der Waals surface area contributed by atoms with Crippen molar-refractivity contribution >= 4 is 39.9 Å². The summed E-state index contributed by atoms with van der Waals surface area (Å²) in [6.07, 6.45) is 5.42. The molecule has 0 spiro atoms. The third-order valence-corrected chi connectivity index (χ3v) is 7.99. The Labute approximate surface area is 207 Å². The van der Waals surface area contributed by atoms with Gasteiger partial charge in [0.1, 0.15) is 5.69 Å². The van der Waals surface area contributed by atoms with E-state index in [2.05, 4.69) is 31.4 Å². The van der Waals surface area contributed by atoms with E-state index >= 15 is 0 Å². The number of hydrogen-bond donors (Lipinski definition) is 1. The number of carbonyl (C=O) groups is 1. The number of amides is 1. The van der Waals surface area contributed by atoms with E-state index in [1.54, 1.807) is 28.9 Å². The van der Waals surface area contributed by atoms with Crippen LogP contribution < -0.4 is 10.3 Å². The Bertz CT molecular complexity index is 1300. The Kier molecular flexibility index (Phi) is 6.60. The first-order valence-corrected chi connectivity index (χ1v) is 13.2. The van der Waals surface area contributed by atoms with Gasteiger partial charge < -0.3 is 9.47 Å². The second-order valence-corrected chi connectivity index (χ2v) is 10.3. The molecule has 34 heavy (non-hydrogen) atoms. The minimum atomic E-state index is -0.218. The molecule has 1 N–H and O–H groups in total. The van der Waals surface area contributed by atoms with E-state index in [1.165, 1.54) is 19.3 Å². The highest BCUT2D eigenvalue weighted by molar-refractivity contribution is 7.18. The molecule has 3 aromatic heterocycles. The second kappa shape index (κ2) is 9.95. The Morgan fingerprint density at radius 3 is 2.62 bits per heavy atom. The van der Waals surface area contributed by atoms with Gasteiger partial charge in [0.05, 0.1) is 21.5 Å². The van der Waals surface area contributed by atoms with Crippen molar-refractivity contribution in [2.24, 2.45) is 5.10 Å². The zero-order chi connectivity index (χ0) is 23.5. The molecule has 0 atom stereocenters. The summed E-state index contributed by atoms with van der Waals surface area (Å²) in [5, 5.41) is 7.41. The average Bonchev–Trinajstić information content (AvgIpc) is 3.59. The summed E-state index contributed by atoms with van der Waals surface area (Å²) in [5.41, 5.74) is 7.21. The maximum absolute atomic E-state index is 13.0. The van der Waals surface area contributed by atoms with Crippen molar-refractivity contribution in [2.75, 3.05) is 18.0 Å². The largest absolute Gasteiger partial charge is 0.348 e. The van der Waals surface area contributed by atoms with E-state index < -0.39 is 0 Å². The van der Waals surface area contributed by atoms with Crippen molar-refractivity contribution in [1.29, 1.82) is 0 Å². The van der Waals surface area contributed by atoms with Gasteiger partial charge in [0.15, 0.2) is 5.13 Å². The molecule has 0 saturated carbocycles. The molecule has 1 amide bonds. The van der Waals surface area contributed by atoms with Gasteiger partial charge in [0.2, 0.25) is 0 Å². The summed E-state index contributed by atoms with van der Waals surface area (Å²) in [5.74, 6) is -0.218. The number of para-hydroxylation sites is 1. The molecule has 174 valence electrons. The predicted octanol–water partition coefficient (Wildman–Crippen LogP) is 6.03. The van der Waals surface area contributed by atoms with Crippen molar-refractivity contribution < 1.29 is 4.79 Å². The summed E-state index contributed by atoms with van der Waals surface area (Å²) < 4.78 is 2.08. The van der Waals surface area contributed by atoms with Crippen molar-refractivity contribution in [1.82, 2.24) is 15.0 Å². The van der Waals surface area contributed by atoms with Crippen molar-refractivity contribution in [3.8, 4) is 16.3 Å². The SMILES string of the molecule is Cc1cc(C(=O)NN=Cc2sc(N3CCCCC3)nc2-c2cccs2)c(C)n1-c1ccccc1. The summed E-state index contributed by atoms with van der Waals surface area (Å²) in [6, 6.07) is 16.1. The molecule has 1 aromatic carbocycles. The first-order valence-electron chi connectivity index (χ1n) is 11.5. The fourth-order valence-corrected chi connectivity index (χ4v) is 6.19. The minimum absolute atomic E-state index is 0.218. The van der Waals surface area contributed by atoms with Gasteiger partial charge in [-0.2, -0.15) is 5.10 Å². The zero-order valence-corrected chi connectivity index (χ0v) is 21.0. The first kappa shape index (κ1) is 22.6. The number of benzene rings is 1. The lowest BCUT2D eigenvalue weighted by atomic mass is 10.1. The fourth-order valence-electron chi connectivity index (χ4n) is 4.39. The van der Waals surface area contributed by atoms with Crippen LogP contribution in [0.5, 0.6) is 0 Å². The lowest BCUT2D eigenvalue weighted by Crippen LogP contribution is -2.29. The van der Waals surface area contributed by atoms with E-state index in [1.807, 2.05) is 56.3 Å². The Morgan fingerprint density at radius 1 is 1.09 bits per heavy atom. The van der Waals surface area contributed by atoms with Gasteiger partial charge in [-0.3, -0.25) is 4.79 Å². The first-order chi connectivity index (χ1) is 16.6. The second-order valence-electron chi connectivity index (χ2n) is 8.39. The minimum Gasteiger partial charge on any atom is -0.348 e. The maximum atomic E-state index is 13.0. The van der Waals surface area contributed by atoms with E-state index in [0.717, 1.165) is 50.7 Å². The third kappa shape index (κ3) is 4.56. The number of hydrogen-bond acceptors (Lipinski definition) is 6. The molecule has 1 fully saturated rings. The van der Waals surface area contributed by atoms with Crippen LogP contribution in [-0.4, -0.2) is 34.8 Å². The molecule has 4 heterocycles. The standard InChI is InChI=1S/C26H27N5OS2/c1-18-16-21(19(2)31(18)20-10-5-3-6-11-20)25(32)29-27-17-23-24(22-12-9-15-33-22)28-26(34-23)30-13-7-4-8-14-30/h3,5-6,9-12,15-17H,4,7-8,13-14H2,1-2H3,(H,29,32). The van der Waals surface area contributed by atoms with Crippen LogP contribution in [0.25, 0.3) is 16.3 Å². The molecular weight excluding hydrogens is 462 g/mol. The van der Waals surface area contributed by atoms with Crippen LogP contribution in [0.3, 0.4) is 0 Å². The van der Waals surface area contributed by atoms with E-state index in [9.17, 15) is 4.79 Å². The highest BCUT2D eigenvalue weighted by atomic mass is 32.1. The summed E-state index contributed by atoms with van der Waals surface area (Å²) in [6.45, 7) is 6.05. The summed E-state index contributed by atoms with van der Waals surface area (Å²) in [7, 11) is 0. The maximum Gasteiger partial charge on any atom is 0.273 e. The molecule has 0 aliphatic carbocycles. The normalized spacial score (nSPS) is 14.1. The predicted molar refractivity (Wildman–Crippen MR) is 142 cm³/mol. The molecule has 4 aromatic rings. The molecule has 8 heteroatoms. The third-order valence-electron chi connectivity index (χ3n) is 6.06. The smallest absolute Gasteiger partial charge is 0.273 e. The van der Waals surface area contributed by atoms with Gasteiger partial charge in [-0.15, -0.1) is 11.3 Å². The van der Waals surface area contributed by atoms with Crippen LogP contribution >= 0.6 is 22.7 Å². The number of thiazole rings is 1. The number of piperidine rings is 1. The Morgan fingerprint density at radius 2 is 1.88 bits per heavy atom. The number of aromatic nitrogens is 2. The molecule has 0 unspecified atom stereocenters. The number of rotatable bonds is 6. The summed E-state index contributed by atoms with van der Waals surface area (Å²) >= 11 is 3.30. The van der Waals surface area contributed by atoms with Crippen molar-refractivity contribution in [3.05, 3.63) is 75.7 Å². The van der Waals surface area contributed by atoms with Gasteiger partial charge >= 0.3 is 0 Å². The lowest BCUT2D eigenvalue weighted by molar-refractivity contribution is 0.0954. The molecular formula is C26H27N5OS2. The van der Waals surface area contributed by atoms with Crippen LogP contribution in [0.15, 0.2) is 59.0 Å². The van der Waals surface area contributed by atoms with Crippen LogP contribution in [0.1, 0.15) is 45.9 Å². The van der Waals surface area contributed by atoms with Crippen molar-refractivity contribution in [3.63, 3.8) is 0 Å². The number of thiophene rings is 1. The monoisotopic (exact) mass is 489 g/mol. The van der Waals surface area contributed by atoms with Crippen molar-refractivity contribution in [2.45, 2.75) is 33.1 Å². The number of nitrogens with one attached hydrogen (secondary N) is 1. The molecule has 1 saturated heterocycles. The van der Waals surface area contributed by atoms with E-state index in [0.29, 0.717) is 5.56 Å². The molecule has 1 aliphatic heterocycles. The van der Waals surface area contributed by atoms with Crippen LogP contribution in [0, 0.1) is 13.8 Å². The molecule has 6 nitrogen and oxygen atoms in total. The summed E-state index contributed by atoms with van der Waals surface area (Å²) in [4.78, 5) is 22.3. The van der Waals surface area contributed by atoms with Gasteiger partial charge in [-0.1, -0.05) is 35.6 Å². The molecule has 1 aliphatic rings. The number of anilines is 1. The van der Waals surface area contributed by atoms with Crippen LogP contribution in [0.2, 0.25) is 0 Å². The van der Waals surface area contributed by atoms with Crippen LogP contribution in [0.4, 0.5) is 5.13 Å². The van der Waals surface area contributed by atoms with E-state index in [4.69, 9.17) is 4.98 Å². The zero-order valence-electron chi connectivity index (χ0n) is 19.3. The van der Waals surface area contributed by atoms with Gasteiger partial charge in [-0.25, -0.2) is 10.4 Å². The van der Waals surface area contributed by atoms with Gasteiger partial charge in [0, 0.05) is 30.2 Å². The fraction of sp³-hybridized carbons (Fsp3) is 0.269. The highest BCUT2D eigenvalue weighted by Gasteiger charge is 2.20. The Hall–Kier alpha value is -3.23. The van der Waals surface area contributed by atoms with Gasteiger partial charge in [-0.05, 0) is 62.8 Å². The topological polar surface area (TPSA) is 62.5 Å². The lowest BCUT2D eigenvalue weighted by Gasteiger charge is -2.25. The van der Waals surface area contributed by atoms with Crippen LogP contribution in [-0.2, 0) is 0 Å². The highest BCUT2D eigenvalue weighted by Crippen LogP contribution is 2.35. The number of hydrazone groups is 1.